The number of aromatic nitrogens is 2. The van der Waals surface area contributed by atoms with Gasteiger partial charge in [-0.25, -0.2) is 4.98 Å². The van der Waals surface area contributed by atoms with E-state index in [2.05, 4.69) is 39.3 Å². The van der Waals surface area contributed by atoms with Gasteiger partial charge in [-0.3, -0.25) is 0 Å². The first kappa shape index (κ1) is 12.0. The summed E-state index contributed by atoms with van der Waals surface area (Å²) in [7, 11) is 2.05. The number of aromatic amines is 1. The number of nitrogens with two attached hydrogens (primary N) is 1. The molecule has 1 unspecified atom stereocenters. The lowest BCUT2D eigenvalue weighted by Gasteiger charge is -2.23. The van der Waals surface area contributed by atoms with Crippen LogP contribution in [0.1, 0.15) is 17.8 Å². The van der Waals surface area contributed by atoms with Crippen LogP contribution in [0.2, 0.25) is 0 Å². The van der Waals surface area contributed by atoms with Gasteiger partial charge in [-0.2, -0.15) is 0 Å². The predicted molar refractivity (Wildman–Crippen MR) is 81.6 cm³/mol. The number of fused-ring (bicyclic) bond motifs is 1. The topological polar surface area (TPSA) is 57.9 Å². The Balaban J connectivity index is 1.95. The van der Waals surface area contributed by atoms with Gasteiger partial charge in [0.2, 0.25) is 5.95 Å². The normalized spacial score (nSPS) is 12.7. The lowest BCUT2D eigenvalue weighted by molar-refractivity contribution is 0.735. The second-order valence-electron chi connectivity index (χ2n) is 4.64. The molecule has 0 spiro atoms. The molecule has 0 aliphatic heterocycles. The number of nitrogens with zero attached hydrogens (tertiary/aromatic N) is 2. The van der Waals surface area contributed by atoms with Gasteiger partial charge in [0, 0.05) is 17.6 Å². The number of benzene rings is 1. The third-order valence-corrected chi connectivity index (χ3v) is 4.41. The molecule has 3 N–H and O–H groups in total. The number of anilines is 2. The summed E-state index contributed by atoms with van der Waals surface area (Å²) >= 11 is 1.76. The van der Waals surface area contributed by atoms with E-state index >= 15 is 0 Å². The molecule has 0 amide bonds. The lowest BCUT2D eigenvalue weighted by atomic mass is 10.2. The van der Waals surface area contributed by atoms with Crippen molar-refractivity contribution < 1.29 is 0 Å². The minimum absolute atomic E-state index is 0.290. The van der Waals surface area contributed by atoms with Gasteiger partial charge in [0.15, 0.2) is 0 Å². The number of rotatable bonds is 3. The van der Waals surface area contributed by atoms with E-state index in [0.29, 0.717) is 0 Å². The standard InChI is InChI=1S/C14H16N4S/c1-9(13-4-3-7-19-13)18(2)14-16-11-6-5-10(15)8-12(11)17-14/h3-9H,15H2,1-2H3,(H,16,17). The molecule has 3 aromatic rings. The van der Waals surface area contributed by atoms with Gasteiger partial charge < -0.3 is 15.6 Å². The van der Waals surface area contributed by atoms with Crippen LogP contribution in [0.25, 0.3) is 11.0 Å². The Kier molecular flexibility index (Phi) is 2.91. The van der Waals surface area contributed by atoms with Crippen molar-refractivity contribution in [1.29, 1.82) is 0 Å². The largest absolute Gasteiger partial charge is 0.399 e. The van der Waals surface area contributed by atoms with Crippen molar-refractivity contribution in [3.63, 3.8) is 0 Å². The van der Waals surface area contributed by atoms with Crippen molar-refractivity contribution in [2.24, 2.45) is 0 Å². The number of H-pyrrole nitrogens is 1. The van der Waals surface area contributed by atoms with Gasteiger partial charge in [0.05, 0.1) is 17.1 Å². The maximum Gasteiger partial charge on any atom is 0.204 e. The fraction of sp³-hybridized carbons (Fsp3) is 0.214. The van der Waals surface area contributed by atoms with Crippen molar-refractivity contribution in [2.45, 2.75) is 13.0 Å². The average molecular weight is 272 g/mol. The van der Waals surface area contributed by atoms with Crippen LogP contribution in [-0.4, -0.2) is 17.0 Å². The zero-order valence-corrected chi connectivity index (χ0v) is 11.7. The smallest absolute Gasteiger partial charge is 0.204 e. The van der Waals surface area contributed by atoms with Crippen LogP contribution in [0.4, 0.5) is 11.6 Å². The van der Waals surface area contributed by atoms with Gasteiger partial charge in [-0.05, 0) is 36.6 Å². The molecule has 1 atom stereocenters. The first-order valence-electron chi connectivity index (χ1n) is 6.16. The minimum Gasteiger partial charge on any atom is -0.399 e. The number of imidazole rings is 1. The molecule has 4 nitrogen and oxygen atoms in total. The van der Waals surface area contributed by atoms with Crippen LogP contribution >= 0.6 is 11.3 Å². The quantitative estimate of drug-likeness (QED) is 0.718. The summed E-state index contributed by atoms with van der Waals surface area (Å²) in [5.41, 5.74) is 8.45. The first-order chi connectivity index (χ1) is 9.15. The van der Waals surface area contributed by atoms with E-state index in [1.54, 1.807) is 11.3 Å². The lowest BCUT2D eigenvalue weighted by Crippen LogP contribution is -2.21. The van der Waals surface area contributed by atoms with Crippen LogP contribution in [0.5, 0.6) is 0 Å². The second-order valence-corrected chi connectivity index (χ2v) is 5.62. The van der Waals surface area contributed by atoms with Gasteiger partial charge in [0.1, 0.15) is 0 Å². The van der Waals surface area contributed by atoms with E-state index in [0.717, 1.165) is 22.7 Å². The Morgan fingerprint density at radius 2 is 2.21 bits per heavy atom. The molecule has 19 heavy (non-hydrogen) atoms. The van der Waals surface area contributed by atoms with Crippen LogP contribution in [0.3, 0.4) is 0 Å². The molecule has 0 bridgehead atoms. The molecule has 0 saturated heterocycles. The molecule has 0 aliphatic carbocycles. The van der Waals surface area contributed by atoms with E-state index in [9.17, 15) is 0 Å². The Hall–Kier alpha value is -2.01. The Morgan fingerprint density at radius 3 is 2.95 bits per heavy atom. The molecule has 5 heteroatoms. The van der Waals surface area contributed by atoms with Gasteiger partial charge in [-0.1, -0.05) is 6.07 Å². The monoisotopic (exact) mass is 272 g/mol. The minimum atomic E-state index is 0.290. The summed E-state index contributed by atoms with van der Waals surface area (Å²) in [6, 6.07) is 10.2. The molecule has 3 rings (SSSR count). The molecule has 2 heterocycles. The second kappa shape index (κ2) is 4.59. The number of nitrogens with one attached hydrogen (secondary N) is 1. The molecule has 0 aliphatic rings. The number of hydrogen-bond donors (Lipinski definition) is 2. The Bertz CT molecular complexity index is 687. The van der Waals surface area contributed by atoms with E-state index < -0.39 is 0 Å². The van der Waals surface area contributed by atoms with E-state index in [-0.39, 0.29) is 6.04 Å². The fourth-order valence-electron chi connectivity index (χ4n) is 2.08. The Labute approximate surface area is 115 Å². The molecule has 0 fully saturated rings. The SMILES string of the molecule is CC(c1cccs1)N(C)c1nc2ccc(N)cc2[nH]1. The number of thiophene rings is 1. The summed E-state index contributed by atoms with van der Waals surface area (Å²) in [4.78, 5) is 11.4. The van der Waals surface area contributed by atoms with E-state index in [1.807, 2.05) is 25.2 Å². The Morgan fingerprint density at radius 1 is 1.37 bits per heavy atom. The predicted octanol–water partition coefficient (Wildman–Crippen LogP) is 3.40. The van der Waals surface area contributed by atoms with Crippen LogP contribution in [0, 0.1) is 0 Å². The van der Waals surface area contributed by atoms with Gasteiger partial charge >= 0.3 is 0 Å². The zero-order valence-electron chi connectivity index (χ0n) is 10.9. The van der Waals surface area contributed by atoms with Crippen molar-refractivity contribution in [3.05, 3.63) is 40.6 Å². The summed E-state index contributed by atoms with van der Waals surface area (Å²) < 4.78 is 0. The third kappa shape index (κ3) is 2.17. The maximum atomic E-state index is 5.79. The summed E-state index contributed by atoms with van der Waals surface area (Å²) in [6.07, 6.45) is 0. The molecule has 0 saturated carbocycles. The summed E-state index contributed by atoms with van der Waals surface area (Å²) in [6.45, 7) is 2.17. The zero-order chi connectivity index (χ0) is 13.4. The average Bonchev–Trinajstić information content (AvgIpc) is 3.05. The molecule has 0 radical (unpaired) electrons. The highest BCUT2D eigenvalue weighted by Gasteiger charge is 2.16. The summed E-state index contributed by atoms with van der Waals surface area (Å²) in [5, 5.41) is 2.10. The van der Waals surface area contributed by atoms with Crippen molar-refractivity contribution in [3.8, 4) is 0 Å². The van der Waals surface area contributed by atoms with Gasteiger partial charge in [-0.15, -0.1) is 11.3 Å². The van der Waals surface area contributed by atoms with E-state index in [1.165, 1.54) is 4.88 Å². The maximum absolute atomic E-state index is 5.79. The van der Waals surface area contributed by atoms with E-state index in [4.69, 9.17) is 5.73 Å². The van der Waals surface area contributed by atoms with Crippen molar-refractivity contribution >= 4 is 34.0 Å². The highest BCUT2D eigenvalue weighted by atomic mass is 32.1. The van der Waals surface area contributed by atoms with Crippen molar-refractivity contribution in [1.82, 2.24) is 9.97 Å². The van der Waals surface area contributed by atoms with Crippen LogP contribution in [0.15, 0.2) is 35.7 Å². The number of nitrogen functional groups attached to an aromatic ring is 1. The summed E-state index contributed by atoms with van der Waals surface area (Å²) in [5.74, 6) is 0.863. The molecule has 2 aromatic heterocycles. The van der Waals surface area contributed by atoms with Gasteiger partial charge in [0.25, 0.3) is 0 Å². The highest BCUT2D eigenvalue weighted by Crippen LogP contribution is 2.28. The highest BCUT2D eigenvalue weighted by molar-refractivity contribution is 7.10. The molecular formula is C14H16N4S. The number of hydrogen-bond acceptors (Lipinski definition) is 4. The molecule has 1 aromatic carbocycles. The van der Waals surface area contributed by atoms with Crippen LogP contribution < -0.4 is 10.6 Å². The molecule has 98 valence electrons. The third-order valence-electron chi connectivity index (χ3n) is 3.36. The molecular weight excluding hydrogens is 256 g/mol. The van der Waals surface area contributed by atoms with Crippen molar-refractivity contribution in [2.75, 3.05) is 17.7 Å². The fourth-order valence-corrected chi connectivity index (χ4v) is 2.91. The first-order valence-corrected chi connectivity index (χ1v) is 7.04. The van der Waals surface area contributed by atoms with Crippen LogP contribution in [-0.2, 0) is 0 Å².